The summed E-state index contributed by atoms with van der Waals surface area (Å²) in [6.45, 7) is 0.983. The molecule has 3 aromatic carbocycles. The molecule has 0 radical (unpaired) electrons. The molecule has 3 fully saturated rings. The highest BCUT2D eigenvalue weighted by Gasteiger charge is 2.34. The molecule has 2 saturated heterocycles. The van der Waals surface area contributed by atoms with E-state index in [2.05, 4.69) is 41.5 Å². The van der Waals surface area contributed by atoms with Crippen molar-refractivity contribution < 1.29 is 13.9 Å². The van der Waals surface area contributed by atoms with E-state index in [9.17, 15) is 4.79 Å². The maximum absolute atomic E-state index is 16.8. The normalized spacial score (nSPS) is 18.1. The second-order valence-corrected chi connectivity index (χ2v) is 14.4. The summed E-state index contributed by atoms with van der Waals surface area (Å²) in [4.78, 5) is 34.3. The van der Waals surface area contributed by atoms with Crippen LogP contribution in [0.2, 0.25) is 0 Å². The Bertz CT molecular complexity index is 2400. The Kier molecular flexibility index (Phi) is 8.09. The topological polar surface area (TPSA) is 149 Å². The average molecular weight is 713 g/mol. The van der Waals surface area contributed by atoms with E-state index in [1.807, 2.05) is 24.3 Å². The maximum atomic E-state index is 16.8. The number of fused-ring (bicyclic) bond motifs is 4. The van der Waals surface area contributed by atoms with E-state index in [0.717, 1.165) is 41.8 Å². The van der Waals surface area contributed by atoms with Crippen LogP contribution in [0.25, 0.3) is 32.9 Å². The van der Waals surface area contributed by atoms with Crippen molar-refractivity contribution in [3.05, 3.63) is 84.3 Å². The molecule has 5 heterocycles. The van der Waals surface area contributed by atoms with Crippen molar-refractivity contribution in [2.45, 2.75) is 48.6 Å². The Hall–Kier alpha value is -5.78. The zero-order valence-electron chi connectivity index (χ0n) is 27.9. The van der Waals surface area contributed by atoms with Gasteiger partial charge in [-0.1, -0.05) is 18.1 Å². The first-order valence-corrected chi connectivity index (χ1v) is 17.9. The molecule has 2 bridgehead atoms. The fraction of sp³-hybridized carbons (Fsp3) is 0.263. The lowest BCUT2D eigenvalue weighted by atomic mass is 9.96. The van der Waals surface area contributed by atoms with E-state index in [1.165, 1.54) is 11.9 Å². The molecule has 9 rings (SSSR count). The van der Waals surface area contributed by atoms with Gasteiger partial charge in [0.2, 0.25) is 0 Å². The molecular formula is C38H33FN10O2S. The van der Waals surface area contributed by atoms with Gasteiger partial charge in [0.15, 0.2) is 18.2 Å². The van der Waals surface area contributed by atoms with Gasteiger partial charge in [-0.15, -0.1) is 11.5 Å². The average Bonchev–Trinajstić information content (AvgIpc) is 3.81. The Morgan fingerprint density at radius 3 is 2.65 bits per heavy atom. The van der Waals surface area contributed by atoms with Crippen molar-refractivity contribution in [1.29, 1.82) is 0 Å². The smallest absolute Gasteiger partial charge is 0.319 e. The van der Waals surface area contributed by atoms with Crippen LogP contribution >= 0.6 is 11.9 Å². The van der Waals surface area contributed by atoms with Crippen LogP contribution in [0.5, 0.6) is 6.01 Å². The van der Waals surface area contributed by atoms with Crippen LogP contribution in [0, 0.1) is 18.2 Å². The van der Waals surface area contributed by atoms with Gasteiger partial charge in [-0.3, -0.25) is 9.78 Å². The standard InChI is InChI=1S/C38H33FN10O2S/c1-2-21-4-3-5-23-14-24(40)15-29(32(21)23)34-33(39)35-30(16-41-34)37(48-17-26-8-9-27(18-48)43-26)46-38(45-35)51-19-31(50)44-25-10-12-28(13-11-25)52-49-20-42-36(47-49)22-6-7-22/h1,3-5,10-16,20,22,26-27,43H,6-9,17-19,40H2,(H,44,50). The molecule has 3 aliphatic rings. The molecule has 3 aromatic heterocycles. The number of nitrogens with two attached hydrogens (primary N) is 1. The number of nitrogens with zero attached hydrogens (tertiary/aromatic N) is 7. The number of piperazine rings is 1. The minimum absolute atomic E-state index is 0.0229. The number of nitrogens with one attached hydrogen (secondary N) is 2. The number of anilines is 3. The van der Waals surface area contributed by atoms with Crippen LogP contribution in [0.15, 0.2) is 72.0 Å². The van der Waals surface area contributed by atoms with E-state index in [0.29, 0.717) is 58.1 Å². The number of amides is 1. The number of ether oxygens (including phenoxy) is 1. The van der Waals surface area contributed by atoms with Gasteiger partial charge < -0.3 is 26.0 Å². The number of hydrogen-bond acceptors (Lipinski definition) is 11. The van der Waals surface area contributed by atoms with E-state index >= 15 is 4.39 Å². The highest BCUT2D eigenvalue weighted by atomic mass is 32.2. The molecular weight excluding hydrogens is 680 g/mol. The molecule has 0 spiro atoms. The van der Waals surface area contributed by atoms with Crippen molar-refractivity contribution in [3.8, 4) is 29.6 Å². The quantitative estimate of drug-likeness (QED) is 0.128. The zero-order valence-corrected chi connectivity index (χ0v) is 28.7. The summed E-state index contributed by atoms with van der Waals surface area (Å²) in [5.41, 5.74) is 8.42. The molecule has 1 saturated carbocycles. The second-order valence-electron chi connectivity index (χ2n) is 13.4. The van der Waals surface area contributed by atoms with Crippen molar-refractivity contribution in [2.24, 2.45) is 0 Å². The molecule has 6 aromatic rings. The van der Waals surface area contributed by atoms with Crippen LogP contribution < -0.4 is 26.0 Å². The fourth-order valence-corrected chi connectivity index (χ4v) is 7.80. The molecule has 52 heavy (non-hydrogen) atoms. The Morgan fingerprint density at radius 1 is 1.08 bits per heavy atom. The predicted octanol–water partition coefficient (Wildman–Crippen LogP) is 5.53. The molecule has 4 N–H and O–H groups in total. The molecule has 1 amide bonds. The number of carbonyl (C=O) groups is 1. The third kappa shape index (κ3) is 6.22. The first kappa shape index (κ1) is 32.1. The van der Waals surface area contributed by atoms with Crippen molar-refractivity contribution >= 4 is 56.7 Å². The number of pyridine rings is 1. The van der Waals surface area contributed by atoms with Gasteiger partial charge in [-0.2, -0.15) is 14.1 Å². The van der Waals surface area contributed by atoms with E-state index in [-0.39, 0.29) is 35.9 Å². The second kappa shape index (κ2) is 13.1. The predicted molar refractivity (Wildman–Crippen MR) is 199 cm³/mol. The lowest BCUT2D eigenvalue weighted by Gasteiger charge is -2.34. The molecule has 12 nitrogen and oxygen atoms in total. The Balaban J connectivity index is 0.996. The highest BCUT2D eigenvalue weighted by Crippen LogP contribution is 2.39. The third-order valence-electron chi connectivity index (χ3n) is 9.67. The Labute approximate surface area is 302 Å². The molecule has 2 atom stereocenters. The summed E-state index contributed by atoms with van der Waals surface area (Å²) in [6, 6.07) is 16.8. The van der Waals surface area contributed by atoms with Crippen molar-refractivity contribution in [1.82, 2.24) is 34.4 Å². The van der Waals surface area contributed by atoms with Gasteiger partial charge in [-0.05, 0) is 73.5 Å². The van der Waals surface area contributed by atoms with E-state index in [4.69, 9.17) is 21.9 Å². The summed E-state index contributed by atoms with van der Waals surface area (Å²) in [7, 11) is 0. The number of halogens is 1. The summed E-state index contributed by atoms with van der Waals surface area (Å²) in [6.07, 6.45) is 13.5. The maximum Gasteiger partial charge on any atom is 0.319 e. The van der Waals surface area contributed by atoms with E-state index in [1.54, 1.807) is 46.9 Å². The van der Waals surface area contributed by atoms with Gasteiger partial charge in [0.25, 0.3) is 5.91 Å². The van der Waals surface area contributed by atoms with Crippen LogP contribution in [0.4, 0.5) is 21.6 Å². The van der Waals surface area contributed by atoms with Gasteiger partial charge in [0.05, 0.1) is 5.39 Å². The number of hydrogen-bond donors (Lipinski definition) is 3. The van der Waals surface area contributed by atoms with Gasteiger partial charge in [0, 0.05) is 82.0 Å². The summed E-state index contributed by atoms with van der Waals surface area (Å²) < 4.78 is 24.4. The molecule has 2 aliphatic heterocycles. The SMILES string of the molecule is C#Cc1cccc2cc(N)cc(-c3ncc4c(N5CC6CCC(C5)N6)nc(OCC(=O)Nc5ccc(Sn6cnc(C7CC7)n6)cc5)nc4c3F)c12. The summed E-state index contributed by atoms with van der Waals surface area (Å²) in [5, 5.41) is 12.9. The summed E-state index contributed by atoms with van der Waals surface area (Å²) >= 11 is 1.44. The summed E-state index contributed by atoms with van der Waals surface area (Å²) in [5.74, 6) is 3.49. The number of rotatable bonds is 9. The van der Waals surface area contributed by atoms with Crippen molar-refractivity contribution in [3.63, 3.8) is 0 Å². The number of nitrogen functional groups attached to an aromatic ring is 1. The minimum atomic E-state index is -0.667. The Morgan fingerprint density at radius 2 is 1.88 bits per heavy atom. The van der Waals surface area contributed by atoms with Gasteiger partial charge in [-0.25, -0.2) is 9.37 Å². The molecule has 14 heteroatoms. The van der Waals surface area contributed by atoms with Crippen LogP contribution in [0.3, 0.4) is 0 Å². The monoisotopic (exact) mass is 712 g/mol. The largest absolute Gasteiger partial charge is 0.453 e. The van der Waals surface area contributed by atoms with Crippen LogP contribution in [-0.2, 0) is 4.79 Å². The fourth-order valence-electron chi connectivity index (χ4n) is 7.11. The first-order chi connectivity index (χ1) is 25.4. The number of aromatic nitrogens is 6. The number of benzene rings is 3. The zero-order chi connectivity index (χ0) is 35.3. The first-order valence-electron chi connectivity index (χ1n) is 17.2. The molecule has 260 valence electrons. The number of carbonyl (C=O) groups excluding carboxylic acids is 1. The third-order valence-corrected chi connectivity index (χ3v) is 10.5. The molecule has 1 aliphatic carbocycles. The highest BCUT2D eigenvalue weighted by molar-refractivity contribution is 7.97. The van der Waals surface area contributed by atoms with E-state index < -0.39 is 11.7 Å². The molecule has 2 unspecified atom stereocenters. The minimum Gasteiger partial charge on any atom is -0.453 e. The van der Waals surface area contributed by atoms with Crippen molar-refractivity contribution in [2.75, 3.05) is 35.6 Å². The number of terminal acetylenes is 1. The lowest BCUT2D eigenvalue weighted by Crippen LogP contribution is -2.51. The van der Waals surface area contributed by atoms with Gasteiger partial charge >= 0.3 is 6.01 Å². The van der Waals surface area contributed by atoms with Gasteiger partial charge in [0.1, 0.15) is 23.4 Å². The lowest BCUT2D eigenvalue weighted by molar-refractivity contribution is -0.118. The van der Waals surface area contributed by atoms with Crippen LogP contribution in [-0.4, -0.2) is 66.8 Å². The van der Waals surface area contributed by atoms with Crippen LogP contribution in [0.1, 0.15) is 43.0 Å².